The number of anilines is 1. The molecule has 0 unspecified atom stereocenters. The number of hydrogen-bond acceptors (Lipinski definition) is 4. The second-order valence-corrected chi connectivity index (χ2v) is 5.22. The first-order valence-corrected chi connectivity index (χ1v) is 7.36. The number of nitro benzene ring substituents is 1. The Bertz CT molecular complexity index is 701. The van der Waals surface area contributed by atoms with Gasteiger partial charge in [-0.05, 0) is 18.6 Å². The van der Waals surface area contributed by atoms with Crippen molar-refractivity contribution in [2.45, 2.75) is 19.9 Å². The Labute approximate surface area is 134 Å². The van der Waals surface area contributed by atoms with Gasteiger partial charge in [-0.3, -0.25) is 14.9 Å². The van der Waals surface area contributed by atoms with E-state index in [0.717, 1.165) is 11.1 Å². The lowest BCUT2D eigenvalue weighted by atomic mass is 10.1. The number of rotatable bonds is 7. The van der Waals surface area contributed by atoms with Crippen LogP contribution in [-0.2, 0) is 11.3 Å². The number of nitro groups is 1. The van der Waals surface area contributed by atoms with Crippen LogP contribution in [0.4, 0.5) is 11.4 Å². The molecule has 2 N–H and O–H groups in total. The molecule has 0 atom stereocenters. The zero-order valence-corrected chi connectivity index (χ0v) is 12.9. The van der Waals surface area contributed by atoms with E-state index >= 15 is 0 Å². The van der Waals surface area contributed by atoms with Crippen molar-refractivity contribution in [3.05, 3.63) is 69.8 Å². The SMILES string of the molecule is Cc1cccc(CNC(=O)CCNc2ccccc2[N+](=O)[O-])c1. The Hall–Kier alpha value is -2.89. The highest BCUT2D eigenvalue weighted by molar-refractivity contribution is 5.76. The maximum absolute atomic E-state index is 11.8. The number of amides is 1. The summed E-state index contributed by atoms with van der Waals surface area (Å²) in [7, 11) is 0. The summed E-state index contributed by atoms with van der Waals surface area (Å²) >= 11 is 0. The van der Waals surface area contributed by atoms with Gasteiger partial charge in [-0.25, -0.2) is 0 Å². The summed E-state index contributed by atoms with van der Waals surface area (Å²) in [6.45, 7) is 2.82. The van der Waals surface area contributed by atoms with E-state index < -0.39 is 4.92 Å². The van der Waals surface area contributed by atoms with E-state index in [4.69, 9.17) is 0 Å². The van der Waals surface area contributed by atoms with Crippen molar-refractivity contribution in [1.29, 1.82) is 0 Å². The Morgan fingerprint density at radius 2 is 1.96 bits per heavy atom. The topological polar surface area (TPSA) is 84.3 Å². The smallest absolute Gasteiger partial charge is 0.292 e. The number of para-hydroxylation sites is 2. The van der Waals surface area contributed by atoms with Gasteiger partial charge in [-0.2, -0.15) is 0 Å². The maximum atomic E-state index is 11.8. The number of benzene rings is 2. The fraction of sp³-hybridized carbons (Fsp3) is 0.235. The number of aryl methyl sites for hydroxylation is 1. The van der Waals surface area contributed by atoms with E-state index in [1.54, 1.807) is 18.2 Å². The Balaban J connectivity index is 1.78. The highest BCUT2D eigenvalue weighted by atomic mass is 16.6. The summed E-state index contributed by atoms with van der Waals surface area (Å²) in [5.74, 6) is -0.0995. The van der Waals surface area contributed by atoms with E-state index in [0.29, 0.717) is 18.8 Å². The largest absolute Gasteiger partial charge is 0.379 e. The molecule has 2 rings (SSSR count). The molecule has 0 spiro atoms. The molecule has 0 saturated heterocycles. The lowest BCUT2D eigenvalue weighted by Gasteiger charge is -2.08. The fourth-order valence-electron chi connectivity index (χ4n) is 2.20. The van der Waals surface area contributed by atoms with Crippen LogP contribution in [-0.4, -0.2) is 17.4 Å². The van der Waals surface area contributed by atoms with Gasteiger partial charge in [0.05, 0.1) is 4.92 Å². The monoisotopic (exact) mass is 313 g/mol. The molecule has 0 fully saturated rings. The van der Waals surface area contributed by atoms with E-state index in [2.05, 4.69) is 10.6 Å². The minimum Gasteiger partial charge on any atom is -0.379 e. The van der Waals surface area contributed by atoms with Gasteiger partial charge in [0.25, 0.3) is 5.69 Å². The van der Waals surface area contributed by atoms with Crippen LogP contribution in [0.15, 0.2) is 48.5 Å². The average Bonchev–Trinajstić information content (AvgIpc) is 2.53. The van der Waals surface area contributed by atoms with Crippen LogP contribution < -0.4 is 10.6 Å². The first-order valence-electron chi connectivity index (χ1n) is 7.36. The first-order chi connectivity index (χ1) is 11.1. The number of nitrogens with zero attached hydrogens (tertiary/aromatic N) is 1. The standard InChI is InChI=1S/C17H19N3O3/c1-13-5-4-6-14(11-13)12-19-17(21)9-10-18-15-7-2-3-8-16(15)20(22)23/h2-8,11,18H,9-10,12H2,1H3,(H,19,21). The third kappa shape index (κ3) is 5.10. The number of carbonyl (C=O) groups is 1. The first kappa shape index (κ1) is 16.5. The van der Waals surface area contributed by atoms with Crippen LogP contribution in [0.5, 0.6) is 0 Å². The summed E-state index contributed by atoms with van der Waals surface area (Å²) in [6, 6.07) is 14.3. The summed E-state index contributed by atoms with van der Waals surface area (Å²) in [6.07, 6.45) is 0.248. The van der Waals surface area contributed by atoms with Crippen LogP contribution >= 0.6 is 0 Å². The van der Waals surface area contributed by atoms with E-state index in [1.807, 2.05) is 31.2 Å². The molecular weight excluding hydrogens is 294 g/mol. The molecule has 2 aromatic rings. The van der Waals surface area contributed by atoms with Crippen molar-refractivity contribution in [3.63, 3.8) is 0 Å². The molecule has 0 aliphatic rings. The molecule has 2 aromatic carbocycles. The lowest BCUT2D eigenvalue weighted by molar-refractivity contribution is -0.384. The number of carbonyl (C=O) groups excluding carboxylic acids is 1. The molecule has 6 nitrogen and oxygen atoms in total. The van der Waals surface area contributed by atoms with Crippen LogP contribution in [0.2, 0.25) is 0 Å². The van der Waals surface area contributed by atoms with Crippen LogP contribution in [0.1, 0.15) is 17.5 Å². The van der Waals surface area contributed by atoms with Crippen molar-refractivity contribution in [3.8, 4) is 0 Å². The molecule has 0 aromatic heterocycles. The van der Waals surface area contributed by atoms with Gasteiger partial charge in [0.15, 0.2) is 0 Å². The van der Waals surface area contributed by atoms with Crippen molar-refractivity contribution >= 4 is 17.3 Å². The molecule has 1 amide bonds. The third-order valence-corrected chi connectivity index (χ3v) is 3.34. The molecule has 0 saturated carbocycles. The second kappa shape index (κ2) is 7.93. The maximum Gasteiger partial charge on any atom is 0.292 e. The molecule has 0 heterocycles. The molecule has 0 aliphatic heterocycles. The van der Waals surface area contributed by atoms with Crippen molar-refractivity contribution in [2.75, 3.05) is 11.9 Å². The lowest BCUT2D eigenvalue weighted by Crippen LogP contribution is -2.25. The number of hydrogen-bond donors (Lipinski definition) is 2. The van der Waals surface area contributed by atoms with E-state index in [-0.39, 0.29) is 18.0 Å². The molecule has 0 radical (unpaired) electrons. The Kier molecular flexibility index (Phi) is 5.68. The number of nitrogens with one attached hydrogen (secondary N) is 2. The van der Waals surface area contributed by atoms with E-state index in [1.165, 1.54) is 6.07 Å². The summed E-state index contributed by atoms with van der Waals surface area (Å²) < 4.78 is 0. The van der Waals surface area contributed by atoms with E-state index in [9.17, 15) is 14.9 Å². The third-order valence-electron chi connectivity index (χ3n) is 3.34. The summed E-state index contributed by atoms with van der Waals surface area (Å²) in [4.78, 5) is 22.3. The summed E-state index contributed by atoms with van der Waals surface area (Å²) in [5, 5.41) is 16.7. The van der Waals surface area contributed by atoms with Crippen LogP contribution in [0, 0.1) is 17.0 Å². The highest BCUT2D eigenvalue weighted by Crippen LogP contribution is 2.22. The summed E-state index contributed by atoms with van der Waals surface area (Å²) in [5.41, 5.74) is 2.62. The minimum absolute atomic E-state index is 0.00710. The van der Waals surface area contributed by atoms with Crippen molar-refractivity contribution in [2.24, 2.45) is 0 Å². The fourth-order valence-corrected chi connectivity index (χ4v) is 2.20. The zero-order chi connectivity index (χ0) is 16.7. The van der Waals surface area contributed by atoms with Gasteiger partial charge in [0.1, 0.15) is 5.69 Å². The quantitative estimate of drug-likeness (QED) is 0.608. The Morgan fingerprint density at radius 3 is 2.70 bits per heavy atom. The predicted octanol–water partition coefficient (Wildman–Crippen LogP) is 3.02. The molecular formula is C17H19N3O3. The van der Waals surface area contributed by atoms with Gasteiger partial charge in [-0.1, -0.05) is 42.0 Å². The molecule has 0 aliphatic carbocycles. The predicted molar refractivity (Wildman–Crippen MR) is 89.2 cm³/mol. The minimum atomic E-state index is -0.444. The normalized spacial score (nSPS) is 10.1. The van der Waals surface area contributed by atoms with Gasteiger partial charge in [0, 0.05) is 25.6 Å². The second-order valence-electron chi connectivity index (χ2n) is 5.22. The van der Waals surface area contributed by atoms with Crippen LogP contribution in [0.3, 0.4) is 0 Å². The van der Waals surface area contributed by atoms with Crippen LogP contribution in [0.25, 0.3) is 0 Å². The van der Waals surface area contributed by atoms with Gasteiger partial charge in [-0.15, -0.1) is 0 Å². The highest BCUT2D eigenvalue weighted by Gasteiger charge is 2.11. The Morgan fingerprint density at radius 1 is 1.17 bits per heavy atom. The average molecular weight is 313 g/mol. The molecule has 23 heavy (non-hydrogen) atoms. The van der Waals surface area contributed by atoms with Crippen molar-refractivity contribution in [1.82, 2.24) is 5.32 Å². The van der Waals surface area contributed by atoms with Gasteiger partial charge in [0.2, 0.25) is 5.91 Å². The van der Waals surface area contributed by atoms with Crippen molar-refractivity contribution < 1.29 is 9.72 Å². The van der Waals surface area contributed by atoms with Gasteiger partial charge < -0.3 is 10.6 Å². The molecule has 120 valence electrons. The van der Waals surface area contributed by atoms with Gasteiger partial charge >= 0.3 is 0 Å². The zero-order valence-electron chi connectivity index (χ0n) is 12.9. The molecule has 0 bridgehead atoms. The molecule has 6 heteroatoms.